The van der Waals surface area contributed by atoms with Gasteiger partial charge in [0.25, 0.3) is 0 Å². The van der Waals surface area contributed by atoms with Gasteiger partial charge in [-0.3, -0.25) is 4.79 Å². The van der Waals surface area contributed by atoms with Gasteiger partial charge in [-0.15, -0.1) is 0 Å². The zero-order valence-electron chi connectivity index (χ0n) is 10.9. The van der Waals surface area contributed by atoms with E-state index in [1.807, 2.05) is 0 Å². The Morgan fingerprint density at radius 2 is 1.72 bits per heavy atom. The summed E-state index contributed by atoms with van der Waals surface area (Å²) < 4.78 is 23.2. The Bertz CT molecular complexity index is 524. The summed E-state index contributed by atoms with van der Waals surface area (Å²) in [4.78, 5) is 12.1. The Kier molecular flexibility index (Phi) is 4.29. The first-order valence-electron chi connectivity index (χ1n) is 5.80. The van der Waals surface area contributed by atoms with Gasteiger partial charge < -0.3 is 5.73 Å². The van der Waals surface area contributed by atoms with Crippen LogP contribution in [0.25, 0.3) is 0 Å². The van der Waals surface area contributed by atoms with Crippen LogP contribution < -0.4 is 5.73 Å². The van der Waals surface area contributed by atoms with E-state index in [0.717, 1.165) is 0 Å². The molecule has 1 rings (SSSR count). The van der Waals surface area contributed by atoms with Crippen LogP contribution in [0.2, 0.25) is 0 Å². The van der Waals surface area contributed by atoms with E-state index in [1.54, 1.807) is 20.8 Å². The third-order valence-electron chi connectivity index (χ3n) is 2.53. The Morgan fingerprint density at radius 3 is 2.11 bits per heavy atom. The van der Waals surface area contributed by atoms with E-state index >= 15 is 0 Å². The van der Waals surface area contributed by atoms with E-state index in [-0.39, 0.29) is 22.9 Å². The van der Waals surface area contributed by atoms with Crippen molar-refractivity contribution in [2.45, 2.75) is 37.6 Å². The second kappa shape index (κ2) is 5.20. The van der Waals surface area contributed by atoms with Gasteiger partial charge in [-0.2, -0.15) is 0 Å². The van der Waals surface area contributed by atoms with Gasteiger partial charge in [0.15, 0.2) is 15.6 Å². The summed E-state index contributed by atoms with van der Waals surface area (Å²) in [5.41, 5.74) is 5.70. The summed E-state index contributed by atoms with van der Waals surface area (Å²) in [5.74, 6) is -0.0289. The van der Waals surface area contributed by atoms with E-state index in [2.05, 4.69) is 0 Å². The summed E-state index contributed by atoms with van der Waals surface area (Å²) in [5, 5.41) is 0. The van der Waals surface area contributed by atoms with Crippen molar-refractivity contribution >= 4 is 15.6 Å². The molecule has 0 spiro atoms. The van der Waals surface area contributed by atoms with Crippen molar-refractivity contribution in [3.63, 3.8) is 0 Å². The molecule has 5 heteroatoms. The fourth-order valence-corrected chi connectivity index (χ4v) is 2.41. The maximum absolute atomic E-state index is 11.9. The molecule has 0 unspecified atom stereocenters. The Hall–Kier alpha value is -1.20. The maximum atomic E-state index is 11.9. The first-order chi connectivity index (χ1) is 8.15. The number of nitrogens with two attached hydrogens (primary N) is 1. The smallest absolute Gasteiger partial charge is 0.178 e. The van der Waals surface area contributed by atoms with E-state index < -0.39 is 15.4 Å². The highest BCUT2D eigenvalue weighted by atomic mass is 32.2. The first kappa shape index (κ1) is 14.9. The summed E-state index contributed by atoms with van der Waals surface area (Å²) >= 11 is 0. The lowest BCUT2D eigenvalue weighted by atomic mass is 9.95. The predicted octanol–water partition coefficient (Wildman–Crippen LogP) is 1.79. The molecular weight excluding hydrogens is 250 g/mol. The van der Waals surface area contributed by atoms with Crippen LogP contribution in [0.5, 0.6) is 0 Å². The lowest BCUT2D eigenvalue weighted by Crippen LogP contribution is -2.34. The molecule has 0 aliphatic carbocycles. The number of sulfone groups is 1. The molecule has 0 aliphatic rings. The number of carbonyl (C=O) groups is 1. The van der Waals surface area contributed by atoms with Crippen molar-refractivity contribution in [1.82, 2.24) is 0 Å². The van der Waals surface area contributed by atoms with E-state index in [0.29, 0.717) is 5.56 Å². The number of ketones is 1. The molecule has 0 aliphatic heterocycles. The molecule has 0 bridgehead atoms. The van der Waals surface area contributed by atoms with Gasteiger partial charge in [0.05, 0.1) is 10.6 Å². The number of rotatable bonds is 5. The van der Waals surface area contributed by atoms with Gasteiger partial charge in [0.1, 0.15) is 0 Å². The molecule has 2 N–H and O–H groups in total. The van der Waals surface area contributed by atoms with Crippen LogP contribution in [-0.4, -0.2) is 25.5 Å². The number of hydrogen-bond acceptors (Lipinski definition) is 4. The molecule has 0 heterocycles. The second-order valence-corrected chi connectivity index (χ2v) is 7.29. The Morgan fingerprint density at radius 1 is 1.22 bits per heavy atom. The Labute approximate surface area is 108 Å². The van der Waals surface area contributed by atoms with Crippen molar-refractivity contribution in [2.24, 2.45) is 5.73 Å². The molecule has 0 atom stereocenters. The molecule has 4 nitrogen and oxygen atoms in total. The fourth-order valence-electron chi connectivity index (χ4n) is 1.53. The van der Waals surface area contributed by atoms with Crippen LogP contribution in [-0.2, 0) is 9.84 Å². The molecule has 1 aromatic rings. The fraction of sp³-hybridized carbons (Fsp3) is 0.462. The SMILES string of the molecule is CCS(=O)(=O)c1ccc(C(=O)CC(C)(C)N)cc1. The summed E-state index contributed by atoms with van der Waals surface area (Å²) in [6.45, 7) is 5.15. The van der Waals surface area contributed by atoms with Crippen LogP contribution >= 0.6 is 0 Å². The van der Waals surface area contributed by atoms with Gasteiger partial charge >= 0.3 is 0 Å². The normalized spacial score (nSPS) is 12.4. The average molecular weight is 269 g/mol. The molecule has 0 radical (unpaired) electrons. The molecule has 1 aromatic carbocycles. The molecular formula is C13H19NO3S. The van der Waals surface area contributed by atoms with E-state index in [9.17, 15) is 13.2 Å². The Balaban J connectivity index is 2.94. The lowest BCUT2D eigenvalue weighted by Gasteiger charge is -2.17. The standard InChI is InChI=1S/C13H19NO3S/c1-4-18(16,17)11-7-5-10(6-8-11)12(15)9-13(2,3)14/h5-8H,4,9,14H2,1-3H3. The minimum absolute atomic E-state index is 0.0517. The number of hydrogen-bond donors (Lipinski definition) is 1. The first-order valence-corrected chi connectivity index (χ1v) is 7.46. The van der Waals surface area contributed by atoms with E-state index in [4.69, 9.17) is 5.73 Å². The van der Waals surface area contributed by atoms with Gasteiger partial charge in [-0.05, 0) is 26.0 Å². The lowest BCUT2D eigenvalue weighted by molar-refractivity contribution is 0.0960. The van der Waals surface area contributed by atoms with Crippen LogP contribution in [0.15, 0.2) is 29.2 Å². The molecule has 18 heavy (non-hydrogen) atoms. The van der Waals surface area contributed by atoms with Gasteiger partial charge in [0.2, 0.25) is 0 Å². The maximum Gasteiger partial charge on any atom is 0.178 e. The monoisotopic (exact) mass is 269 g/mol. The van der Waals surface area contributed by atoms with Gasteiger partial charge in [-0.25, -0.2) is 8.42 Å². The van der Waals surface area contributed by atoms with Gasteiger partial charge in [0, 0.05) is 17.5 Å². The highest BCUT2D eigenvalue weighted by Gasteiger charge is 2.18. The number of carbonyl (C=O) groups excluding carboxylic acids is 1. The molecule has 0 aromatic heterocycles. The molecule has 0 fully saturated rings. The van der Waals surface area contributed by atoms with Crippen molar-refractivity contribution in [1.29, 1.82) is 0 Å². The third-order valence-corrected chi connectivity index (χ3v) is 4.28. The highest BCUT2D eigenvalue weighted by molar-refractivity contribution is 7.91. The highest BCUT2D eigenvalue weighted by Crippen LogP contribution is 2.15. The van der Waals surface area contributed by atoms with Crippen LogP contribution in [0.1, 0.15) is 37.6 Å². The quantitative estimate of drug-likeness (QED) is 0.827. The van der Waals surface area contributed by atoms with Crippen molar-refractivity contribution < 1.29 is 13.2 Å². The largest absolute Gasteiger partial charge is 0.325 e. The zero-order valence-corrected chi connectivity index (χ0v) is 11.8. The van der Waals surface area contributed by atoms with Crippen LogP contribution in [0, 0.1) is 0 Å². The third kappa shape index (κ3) is 3.92. The van der Waals surface area contributed by atoms with Gasteiger partial charge in [-0.1, -0.05) is 19.1 Å². The summed E-state index contributed by atoms with van der Waals surface area (Å²) in [7, 11) is -3.21. The summed E-state index contributed by atoms with van der Waals surface area (Å²) in [6, 6.07) is 6.01. The zero-order chi connectivity index (χ0) is 14.0. The average Bonchev–Trinajstić information content (AvgIpc) is 2.27. The van der Waals surface area contributed by atoms with Crippen LogP contribution in [0.4, 0.5) is 0 Å². The number of benzene rings is 1. The minimum Gasteiger partial charge on any atom is -0.325 e. The summed E-state index contributed by atoms with van der Waals surface area (Å²) in [6.07, 6.45) is 0.229. The van der Waals surface area contributed by atoms with Crippen molar-refractivity contribution in [3.05, 3.63) is 29.8 Å². The minimum atomic E-state index is -3.21. The van der Waals surface area contributed by atoms with E-state index in [1.165, 1.54) is 24.3 Å². The molecule has 0 amide bonds. The number of Topliss-reactive ketones (excluding diaryl/α,β-unsaturated/α-hetero) is 1. The van der Waals surface area contributed by atoms with Crippen molar-refractivity contribution in [2.75, 3.05) is 5.75 Å². The molecule has 0 saturated heterocycles. The topological polar surface area (TPSA) is 77.2 Å². The molecule has 100 valence electrons. The predicted molar refractivity (Wildman–Crippen MR) is 71.4 cm³/mol. The van der Waals surface area contributed by atoms with Crippen molar-refractivity contribution in [3.8, 4) is 0 Å². The van der Waals surface area contributed by atoms with Crippen LogP contribution in [0.3, 0.4) is 0 Å². The second-order valence-electron chi connectivity index (χ2n) is 5.02. The molecule has 0 saturated carbocycles.